The summed E-state index contributed by atoms with van der Waals surface area (Å²) in [6.07, 6.45) is 0. The van der Waals surface area contributed by atoms with Crippen molar-refractivity contribution in [3.05, 3.63) is 4.91 Å². The molecular formula is HN3O2. The van der Waals surface area contributed by atoms with E-state index in [1.807, 2.05) is 0 Å². The van der Waals surface area contributed by atoms with Crippen LogP contribution in [0.5, 0.6) is 0 Å². The Balaban J connectivity index is 2.65. The lowest BCUT2D eigenvalue weighted by atomic mass is 13.0. The smallest absolute Gasteiger partial charge is 0.185 e. The molecule has 0 rings (SSSR count). The summed E-state index contributed by atoms with van der Waals surface area (Å²) in [7, 11) is 0. The molecule has 0 radical (unpaired) electrons. The molecule has 0 aromatic rings. The molecule has 0 saturated heterocycles. The topological polar surface area (TPSA) is 74.9 Å². The fourth-order valence-corrected chi connectivity index (χ4v) is 0.0167. The van der Waals surface area contributed by atoms with E-state index in [4.69, 9.17) is 10.4 Å². The van der Waals surface area contributed by atoms with E-state index < -0.39 is 0 Å². The van der Waals surface area contributed by atoms with E-state index in [1.54, 1.807) is 5.34 Å². The zero-order chi connectivity index (χ0) is 4.12. The highest BCUT2D eigenvalue weighted by atomic mass is 16.8. The number of nitrogens with zero attached hydrogens (tertiary/aromatic N) is 2. The molecule has 0 bridgehead atoms. The van der Waals surface area contributed by atoms with Crippen LogP contribution in [0.25, 0.3) is 0 Å². The lowest BCUT2D eigenvalue weighted by Crippen LogP contribution is -1.52. The van der Waals surface area contributed by atoms with Crippen molar-refractivity contribution in [2.24, 2.45) is 10.6 Å². The Kier molecular flexibility index (Phi) is 2.40. The van der Waals surface area contributed by atoms with Crippen LogP contribution in [0, 0.1) is 10.4 Å². The Bertz CT molecular complexity index is 34.2. The van der Waals surface area contributed by atoms with Crippen molar-refractivity contribution < 1.29 is 4.94 Å². The second kappa shape index (κ2) is 3.00. The Morgan fingerprint density at radius 3 is 2.40 bits per heavy atom. The van der Waals surface area contributed by atoms with E-state index >= 15 is 0 Å². The average Bonchev–Trinajstić information content (AvgIpc) is 1.41. The molecule has 0 heterocycles. The van der Waals surface area contributed by atoms with Gasteiger partial charge in [0.15, 0.2) is 5.34 Å². The van der Waals surface area contributed by atoms with E-state index in [2.05, 4.69) is 10.2 Å². The van der Waals surface area contributed by atoms with Gasteiger partial charge in [0.05, 0.1) is 5.28 Å². The van der Waals surface area contributed by atoms with E-state index in [0.717, 1.165) is 0 Å². The molecule has 0 aromatic heterocycles. The molecule has 0 spiro atoms. The van der Waals surface area contributed by atoms with Crippen molar-refractivity contribution in [3.63, 3.8) is 0 Å². The fraction of sp³-hybridized carbons (Fsp3) is 0. The minimum Gasteiger partial charge on any atom is -0.186 e. The number of hydrogen-bond donors (Lipinski definition) is 1. The Labute approximate surface area is 27.3 Å². The fourth-order valence-electron chi connectivity index (χ4n) is 0.0167. The van der Waals surface area contributed by atoms with E-state index in [0.29, 0.717) is 0 Å². The number of nitrogens with one attached hydrogen (secondary N) is 1. The van der Waals surface area contributed by atoms with E-state index in [9.17, 15) is 0 Å². The van der Waals surface area contributed by atoms with Crippen LogP contribution in [0.4, 0.5) is 0 Å². The van der Waals surface area contributed by atoms with Crippen LogP contribution in [-0.4, -0.2) is 0 Å². The van der Waals surface area contributed by atoms with Gasteiger partial charge < -0.3 is 0 Å². The van der Waals surface area contributed by atoms with Crippen LogP contribution in [0.15, 0.2) is 10.6 Å². The molecule has 0 aromatic carbocycles. The first kappa shape index (κ1) is 4.00. The van der Waals surface area contributed by atoms with Crippen LogP contribution in [0.2, 0.25) is 0 Å². The second-order valence-electron chi connectivity index (χ2n) is 0.247. The summed E-state index contributed by atoms with van der Waals surface area (Å²) in [6, 6.07) is 0. The SMILES string of the molecule is N=NON=O. The third-order valence-corrected chi connectivity index (χ3v) is 0.0742. The van der Waals surface area contributed by atoms with Gasteiger partial charge in [0.1, 0.15) is 0 Å². The molecule has 0 atom stereocenters. The first-order chi connectivity index (χ1) is 2.41. The van der Waals surface area contributed by atoms with Crippen LogP contribution in [-0.2, 0) is 4.94 Å². The van der Waals surface area contributed by atoms with Gasteiger partial charge in [-0.2, -0.15) is 10.5 Å². The van der Waals surface area contributed by atoms with E-state index in [1.165, 1.54) is 0 Å². The molecule has 5 heteroatoms. The minimum absolute atomic E-state index is 1.75. The molecular weight excluding hydrogens is 74.0 g/mol. The third-order valence-electron chi connectivity index (χ3n) is 0.0742. The first-order valence-electron chi connectivity index (χ1n) is 0.771. The van der Waals surface area contributed by atoms with Gasteiger partial charge in [-0.1, -0.05) is 0 Å². The standard InChI is InChI=1S/HN3O2/c1-2-5-3-4/h1H. The van der Waals surface area contributed by atoms with Crippen LogP contribution in [0.3, 0.4) is 0 Å². The van der Waals surface area contributed by atoms with Gasteiger partial charge in [0.2, 0.25) is 0 Å². The summed E-state index contributed by atoms with van der Waals surface area (Å²) in [6.45, 7) is 0. The highest BCUT2D eigenvalue weighted by Gasteiger charge is 1.56. The zero-order valence-corrected chi connectivity index (χ0v) is 2.21. The molecule has 0 saturated carbocycles. The van der Waals surface area contributed by atoms with Crippen LogP contribution in [0.1, 0.15) is 0 Å². The quantitative estimate of drug-likeness (QED) is 0.297. The number of rotatable bonds is 2. The molecule has 0 aliphatic carbocycles. The minimum atomic E-state index is 1.75. The van der Waals surface area contributed by atoms with Gasteiger partial charge in [-0.15, -0.1) is 4.91 Å². The van der Waals surface area contributed by atoms with Gasteiger partial charge in [-0.3, -0.25) is 0 Å². The summed E-state index contributed by atoms with van der Waals surface area (Å²) in [5.41, 5.74) is 5.71. The Hall–Kier alpha value is -1.00. The molecule has 0 fully saturated rings. The van der Waals surface area contributed by atoms with Gasteiger partial charge >= 0.3 is 0 Å². The van der Waals surface area contributed by atoms with Crippen molar-refractivity contribution >= 4 is 0 Å². The predicted octanol–water partition coefficient (Wildman–Crippen LogP) is 0.630. The summed E-state index contributed by atoms with van der Waals surface area (Å²) >= 11 is 0. The summed E-state index contributed by atoms with van der Waals surface area (Å²) in [4.78, 5) is 11.9. The number of hydrogen-bond acceptors (Lipinski definition) is 5. The highest BCUT2D eigenvalue weighted by Crippen LogP contribution is 1.66. The Morgan fingerprint density at radius 1 is 1.80 bits per heavy atom. The van der Waals surface area contributed by atoms with Crippen molar-refractivity contribution in [1.29, 1.82) is 5.53 Å². The summed E-state index contributed by atoms with van der Waals surface area (Å²) in [5, 5.41) is 3.88. The molecule has 0 unspecified atom stereocenters. The molecule has 5 heavy (non-hydrogen) atoms. The molecule has 5 nitrogen and oxygen atoms in total. The highest BCUT2D eigenvalue weighted by molar-refractivity contribution is 3.89. The van der Waals surface area contributed by atoms with Crippen molar-refractivity contribution in [2.75, 3.05) is 0 Å². The normalized spacial score (nSPS) is 5.60. The molecule has 1 N–H and O–H groups in total. The monoisotopic (exact) mass is 75.0 g/mol. The van der Waals surface area contributed by atoms with Gasteiger partial charge in [-0.05, 0) is 0 Å². The van der Waals surface area contributed by atoms with Gasteiger partial charge in [0.25, 0.3) is 0 Å². The Morgan fingerprint density at radius 2 is 2.40 bits per heavy atom. The third kappa shape index (κ3) is 3.00. The van der Waals surface area contributed by atoms with Crippen molar-refractivity contribution in [3.8, 4) is 0 Å². The van der Waals surface area contributed by atoms with E-state index in [-0.39, 0.29) is 0 Å². The molecule has 28 valence electrons. The second-order valence-corrected chi connectivity index (χ2v) is 0.247. The zero-order valence-electron chi connectivity index (χ0n) is 2.21. The molecule has 0 aliphatic heterocycles. The first-order valence-corrected chi connectivity index (χ1v) is 0.771. The summed E-state index contributed by atoms with van der Waals surface area (Å²) < 4.78 is 0. The lowest BCUT2D eigenvalue weighted by molar-refractivity contribution is 0.121. The van der Waals surface area contributed by atoms with Crippen LogP contribution >= 0.6 is 0 Å². The predicted molar refractivity (Wildman–Crippen MR) is 12.0 cm³/mol. The molecule has 0 aliphatic rings. The largest absolute Gasteiger partial charge is 0.186 e. The van der Waals surface area contributed by atoms with Gasteiger partial charge in [-0.25, -0.2) is 0 Å². The van der Waals surface area contributed by atoms with Gasteiger partial charge in [0, 0.05) is 0 Å². The van der Waals surface area contributed by atoms with Crippen LogP contribution < -0.4 is 0 Å². The maximum Gasteiger partial charge on any atom is 0.185 e. The lowest BCUT2D eigenvalue weighted by Gasteiger charge is -1.62. The van der Waals surface area contributed by atoms with Crippen molar-refractivity contribution in [2.45, 2.75) is 0 Å². The van der Waals surface area contributed by atoms with Crippen molar-refractivity contribution in [1.82, 2.24) is 0 Å². The molecule has 0 amide bonds. The maximum atomic E-state index is 8.72. The summed E-state index contributed by atoms with van der Waals surface area (Å²) in [5.74, 6) is 0. The maximum absolute atomic E-state index is 8.72. The average molecular weight is 75.0 g/mol.